The number of oxazole rings is 1. The zero-order valence-corrected chi connectivity index (χ0v) is 18.0. The SMILES string of the molecule is Cc1ccc(NC(=O)C(C)(C)c2ccc3c(c2)OC(F)(F)O3)nc1-c1ccc2ocnc2c1. The molecule has 7 nitrogen and oxygen atoms in total. The van der Waals surface area contributed by atoms with E-state index < -0.39 is 11.7 Å². The number of halogens is 2. The molecule has 0 saturated heterocycles. The molecule has 1 amide bonds. The monoisotopic (exact) mass is 451 g/mol. The van der Waals surface area contributed by atoms with Crippen molar-refractivity contribution in [3.63, 3.8) is 0 Å². The van der Waals surface area contributed by atoms with Gasteiger partial charge in [-0.25, -0.2) is 9.97 Å². The second kappa shape index (κ2) is 7.26. The van der Waals surface area contributed by atoms with Crippen molar-refractivity contribution >= 4 is 22.8 Å². The predicted molar refractivity (Wildman–Crippen MR) is 116 cm³/mol. The molecule has 1 N–H and O–H groups in total. The van der Waals surface area contributed by atoms with Gasteiger partial charge in [-0.15, -0.1) is 8.78 Å². The van der Waals surface area contributed by atoms with Crippen LogP contribution in [0.15, 0.2) is 59.3 Å². The molecule has 0 radical (unpaired) electrons. The first-order valence-corrected chi connectivity index (χ1v) is 10.2. The third-order valence-electron chi connectivity index (χ3n) is 5.63. The number of carbonyl (C=O) groups is 1. The number of hydrogen-bond donors (Lipinski definition) is 1. The lowest BCUT2D eigenvalue weighted by molar-refractivity contribution is -0.286. The fourth-order valence-electron chi connectivity index (χ4n) is 3.64. The molecule has 2 aromatic carbocycles. The molecule has 9 heteroatoms. The lowest BCUT2D eigenvalue weighted by atomic mass is 9.83. The number of nitrogens with zero attached hydrogens (tertiary/aromatic N) is 2. The summed E-state index contributed by atoms with van der Waals surface area (Å²) in [4.78, 5) is 21.9. The summed E-state index contributed by atoms with van der Waals surface area (Å²) < 4.78 is 40.9. The van der Waals surface area contributed by atoms with Gasteiger partial charge >= 0.3 is 6.29 Å². The lowest BCUT2D eigenvalue weighted by Crippen LogP contribution is -2.35. The average Bonchev–Trinajstić information content (AvgIpc) is 3.35. The van der Waals surface area contributed by atoms with Gasteiger partial charge in [0.25, 0.3) is 0 Å². The van der Waals surface area contributed by atoms with Crippen molar-refractivity contribution in [2.75, 3.05) is 5.32 Å². The highest BCUT2D eigenvalue weighted by molar-refractivity contribution is 5.98. The summed E-state index contributed by atoms with van der Waals surface area (Å²) in [5.74, 6) is -0.185. The summed E-state index contributed by atoms with van der Waals surface area (Å²) in [6.07, 6.45) is -2.34. The van der Waals surface area contributed by atoms with Gasteiger partial charge < -0.3 is 19.2 Å². The molecule has 0 bridgehead atoms. The van der Waals surface area contributed by atoms with Crippen LogP contribution in [0.2, 0.25) is 0 Å². The summed E-state index contributed by atoms with van der Waals surface area (Å²) >= 11 is 0. The highest BCUT2D eigenvalue weighted by Gasteiger charge is 2.44. The molecule has 0 aliphatic carbocycles. The summed E-state index contributed by atoms with van der Waals surface area (Å²) in [5, 5.41) is 2.83. The van der Waals surface area contributed by atoms with E-state index in [1.165, 1.54) is 18.5 Å². The molecule has 2 aromatic heterocycles. The Bertz CT molecular complexity index is 1400. The molecule has 33 heavy (non-hydrogen) atoms. The Morgan fingerprint density at radius 2 is 1.82 bits per heavy atom. The average molecular weight is 451 g/mol. The number of rotatable bonds is 4. The molecular formula is C24H19F2N3O4. The first-order chi connectivity index (χ1) is 15.6. The Balaban J connectivity index is 1.41. The summed E-state index contributed by atoms with van der Waals surface area (Å²) in [6, 6.07) is 13.4. The van der Waals surface area contributed by atoms with Gasteiger partial charge in [0.05, 0.1) is 11.1 Å². The summed E-state index contributed by atoms with van der Waals surface area (Å²) in [6.45, 7) is 5.30. The number of benzene rings is 2. The number of aromatic nitrogens is 2. The molecule has 5 rings (SSSR count). The number of hydrogen-bond acceptors (Lipinski definition) is 6. The molecule has 0 atom stereocenters. The molecule has 0 saturated carbocycles. The van der Waals surface area contributed by atoms with E-state index in [9.17, 15) is 13.6 Å². The Morgan fingerprint density at radius 3 is 2.64 bits per heavy atom. The topological polar surface area (TPSA) is 86.5 Å². The zero-order valence-electron chi connectivity index (χ0n) is 18.0. The zero-order chi connectivity index (χ0) is 23.4. The van der Waals surface area contributed by atoms with Crippen LogP contribution in [0.25, 0.3) is 22.4 Å². The van der Waals surface area contributed by atoms with E-state index in [4.69, 9.17) is 4.42 Å². The Morgan fingerprint density at radius 1 is 1.03 bits per heavy atom. The number of nitrogens with one attached hydrogen (secondary N) is 1. The van der Waals surface area contributed by atoms with E-state index in [1.807, 2.05) is 31.2 Å². The molecule has 1 aliphatic heterocycles. The minimum atomic E-state index is -3.72. The van der Waals surface area contributed by atoms with Crippen molar-refractivity contribution in [2.24, 2.45) is 0 Å². The van der Waals surface area contributed by atoms with Crippen molar-refractivity contribution in [2.45, 2.75) is 32.5 Å². The maximum atomic E-state index is 13.3. The van der Waals surface area contributed by atoms with E-state index in [0.717, 1.165) is 11.1 Å². The van der Waals surface area contributed by atoms with Crippen LogP contribution in [0, 0.1) is 6.92 Å². The maximum Gasteiger partial charge on any atom is 0.586 e. The van der Waals surface area contributed by atoms with Crippen LogP contribution in [0.1, 0.15) is 25.0 Å². The minimum absolute atomic E-state index is 0.0751. The molecule has 3 heterocycles. The second-order valence-corrected chi connectivity index (χ2v) is 8.30. The largest absolute Gasteiger partial charge is 0.586 e. The Kier molecular flexibility index (Phi) is 4.59. The lowest BCUT2D eigenvalue weighted by Gasteiger charge is -2.24. The van der Waals surface area contributed by atoms with Gasteiger partial charge in [0.2, 0.25) is 5.91 Å². The Labute approximate surface area is 187 Å². The summed E-state index contributed by atoms with van der Waals surface area (Å²) in [7, 11) is 0. The van der Waals surface area contributed by atoms with E-state index in [-0.39, 0.29) is 17.4 Å². The molecule has 0 fully saturated rings. The van der Waals surface area contributed by atoms with Crippen LogP contribution < -0.4 is 14.8 Å². The van der Waals surface area contributed by atoms with Crippen LogP contribution in [-0.2, 0) is 10.2 Å². The van der Waals surface area contributed by atoms with Crippen molar-refractivity contribution in [3.05, 3.63) is 66.1 Å². The molecule has 1 aliphatic rings. The molecule has 168 valence electrons. The second-order valence-electron chi connectivity index (χ2n) is 8.30. The fraction of sp³-hybridized carbons (Fsp3) is 0.208. The highest BCUT2D eigenvalue weighted by atomic mass is 19.3. The van der Waals surface area contributed by atoms with Gasteiger partial charge in [-0.1, -0.05) is 12.1 Å². The van der Waals surface area contributed by atoms with E-state index in [0.29, 0.717) is 28.2 Å². The number of carbonyl (C=O) groups excluding carboxylic acids is 1. The van der Waals surface area contributed by atoms with Gasteiger partial charge in [0.1, 0.15) is 11.3 Å². The van der Waals surface area contributed by atoms with Crippen molar-refractivity contribution < 1.29 is 27.5 Å². The third kappa shape index (κ3) is 3.75. The predicted octanol–water partition coefficient (Wildman–Crippen LogP) is 5.44. The van der Waals surface area contributed by atoms with Gasteiger partial charge in [0, 0.05) is 5.56 Å². The number of ether oxygens (including phenoxy) is 2. The molecule has 0 unspecified atom stereocenters. The maximum absolute atomic E-state index is 13.3. The van der Waals surface area contributed by atoms with Crippen molar-refractivity contribution in [3.8, 4) is 22.8 Å². The van der Waals surface area contributed by atoms with Crippen molar-refractivity contribution in [1.82, 2.24) is 9.97 Å². The molecule has 4 aromatic rings. The van der Waals surface area contributed by atoms with Crippen LogP contribution in [0.5, 0.6) is 11.5 Å². The van der Waals surface area contributed by atoms with Crippen LogP contribution >= 0.6 is 0 Å². The van der Waals surface area contributed by atoms with Crippen LogP contribution in [-0.4, -0.2) is 22.2 Å². The Hall–Kier alpha value is -4.01. The van der Waals surface area contributed by atoms with Gasteiger partial charge in [-0.2, -0.15) is 0 Å². The number of alkyl halides is 2. The summed E-state index contributed by atoms with van der Waals surface area (Å²) in [5.41, 5.74) is 3.25. The van der Waals surface area contributed by atoms with Gasteiger partial charge in [-0.05, 0) is 68.3 Å². The smallest absolute Gasteiger partial charge is 0.443 e. The molecule has 0 spiro atoms. The van der Waals surface area contributed by atoms with E-state index >= 15 is 0 Å². The first kappa shape index (κ1) is 20.9. The third-order valence-corrected chi connectivity index (χ3v) is 5.63. The first-order valence-electron chi connectivity index (χ1n) is 10.2. The number of aryl methyl sites for hydroxylation is 1. The van der Waals surface area contributed by atoms with Crippen LogP contribution in [0.3, 0.4) is 0 Å². The highest BCUT2D eigenvalue weighted by Crippen LogP contribution is 2.43. The number of fused-ring (bicyclic) bond motifs is 2. The van der Waals surface area contributed by atoms with E-state index in [1.54, 1.807) is 26.0 Å². The van der Waals surface area contributed by atoms with Crippen molar-refractivity contribution in [1.29, 1.82) is 0 Å². The van der Waals surface area contributed by atoms with Gasteiger partial charge in [0.15, 0.2) is 23.5 Å². The van der Waals surface area contributed by atoms with E-state index in [2.05, 4.69) is 24.8 Å². The quantitative estimate of drug-likeness (QED) is 0.445. The molecular weight excluding hydrogens is 432 g/mol. The normalized spacial score (nSPS) is 14.5. The number of anilines is 1. The number of pyridine rings is 1. The number of amides is 1. The standard InChI is InChI=1S/C24H19F2N3O4/c1-13-4-9-20(28-21(13)14-5-7-17-16(10-14)27-12-31-17)29-22(30)23(2,3)15-6-8-18-19(11-15)33-24(25,26)32-18/h4-12H,1-3H3,(H,28,29,30). The van der Waals surface area contributed by atoms with Crippen LogP contribution in [0.4, 0.5) is 14.6 Å². The minimum Gasteiger partial charge on any atom is -0.443 e. The van der Waals surface area contributed by atoms with Gasteiger partial charge in [-0.3, -0.25) is 4.79 Å². The fourth-order valence-corrected chi connectivity index (χ4v) is 3.64.